The summed E-state index contributed by atoms with van der Waals surface area (Å²) in [6, 6.07) is 8.22. The topological polar surface area (TPSA) is 63.1 Å². The fourth-order valence-electron chi connectivity index (χ4n) is 2.35. The van der Waals surface area contributed by atoms with Gasteiger partial charge in [0.2, 0.25) is 0 Å². The first-order chi connectivity index (χ1) is 11.9. The summed E-state index contributed by atoms with van der Waals surface area (Å²) < 4.78 is 27.9. The number of likely N-dealkylation sites (N-methyl/N-ethyl adjacent to an activating group) is 1. The van der Waals surface area contributed by atoms with Crippen LogP contribution in [0.2, 0.25) is 0 Å². The zero-order valence-corrected chi connectivity index (χ0v) is 13.8. The molecule has 3 rings (SSSR count). The lowest BCUT2D eigenvalue weighted by atomic mass is 10.1. The van der Waals surface area contributed by atoms with Gasteiger partial charge in [-0.3, -0.25) is 4.79 Å². The minimum atomic E-state index is -1.02. The summed E-state index contributed by atoms with van der Waals surface area (Å²) in [4.78, 5) is 14.3. The number of hydrogen-bond acceptors (Lipinski definition) is 4. The van der Waals surface area contributed by atoms with E-state index < -0.39 is 17.5 Å². The maximum absolute atomic E-state index is 13.2. The molecule has 0 aliphatic rings. The highest BCUT2D eigenvalue weighted by atomic mass is 19.2. The number of anilines is 1. The molecule has 0 fully saturated rings. The summed E-state index contributed by atoms with van der Waals surface area (Å²) in [5, 5.41) is 10.7. The molecule has 130 valence electrons. The molecule has 8 heteroatoms. The van der Waals surface area contributed by atoms with Gasteiger partial charge in [0.25, 0.3) is 5.91 Å². The first-order valence-electron chi connectivity index (χ1n) is 7.68. The zero-order valence-electron chi connectivity index (χ0n) is 13.8. The van der Waals surface area contributed by atoms with Gasteiger partial charge in [-0.1, -0.05) is 5.21 Å². The third-order valence-electron chi connectivity index (χ3n) is 3.71. The molecule has 25 heavy (non-hydrogen) atoms. The Morgan fingerprint density at radius 2 is 1.96 bits per heavy atom. The summed E-state index contributed by atoms with van der Waals surface area (Å²) in [5.41, 5.74) is 1.96. The molecule has 0 unspecified atom stereocenters. The van der Waals surface area contributed by atoms with Crippen LogP contribution < -0.4 is 5.32 Å². The summed E-state index contributed by atoms with van der Waals surface area (Å²) in [5.74, 6) is -2.42. The largest absolute Gasteiger partial charge is 0.322 e. The van der Waals surface area contributed by atoms with Crippen LogP contribution in [-0.4, -0.2) is 46.4 Å². The van der Waals surface area contributed by atoms with Gasteiger partial charge in [0.1, 0.15) is 5.52 Å². The van der Waals surface area contributed by atoms with Crippen LogP contribution in [0.5, 0.6) is 0 Å². The molecule has 0 aliphatic carbocycles. The molecule has 2 aromatic carbocycles. The SMILES string of the molecule is CN(C)CCn1nnc2cc(C(=O)Nc3ccc(F)c(F)c3)ccc21. The Morgan fingerprint density at radius 1 is 1.16 bits per heavy atom. The maximum Gasteiger partial charge on any atom is 0.255 e. The van der Waals surface area contributed by atoms with E-state index in [4.69, 9.17) is 0 Å². The minimum absolute atomic E-state index is 0.179. The lowest BCUT2D eigenvalue weighted by molar-refractivity contribution is 0.102. The van der Waals surface area contributed by atoms with E-state index in [-0.39, 0.29) is 5.69 Å². The van der Waals surface area contributed by atoms with E-state index in [0.717, 1.165) is 24.2 Å². The predicted octanol–water partition coefficient (Wildman–Crippen LogP) is 2.52. The second-order valence-corrected chi connectivity index (χ2v) is 5.90. The van der Waals surface area contributed by atoms with Crippen molar-refractivity contribution in [1.82, 2.24) is 19.9 Å². The van der Waals surface area contributed by atoms with Crippen molar-refractivity contribution in [2.75, 3.05) is 26.0 Å². The van der Waals surface area contributed by atoms with Gasteiger partial charge in [0.15, 0.2) is 11.6 Å². The van der Waals surface area contributed by atoms with Crippen LogP contribution in [0.1, 0.15) is 10.4 Å². The van der Waals surface area contributed by atoms with E-state index in [1.807, 2.05) is 19.0 Å². The molecular formula is C17H17F2N5O. The van der Waals surface area contributed by atoms with Crippen molar-refractivity contribution in [2.45, 2.75) is 6.54 Å². The summed E-state index contributed by atoms with van der Waals surface area (Å²) >= 11 is 0. The molecule has 1 aromatic heterocycles. The van der Waals surface area contributed by atoms with Gasteiger partial charge < -0.3 is 10.2 Å². The second-order valence-electron chi connectivity index (χ2n) is 5.90. The Labute approximate surface area is 143 Å². The zero-order chi connectivity index (χ0) is 18.0. The number of rotatable bonds is 5. The number of benzene rings is 2. The van der Waals surface area contributed by atoms with Crippen LogP contribution in [0.25, 0.3) is 11.0 Å². The van der Waals surface area contributed by atoms with E-state index >= 15 is 0 Å². The highest BCUT2D eigenvalue weighted by Gasteiger charge is 2.12. The average molecular weight is 345 g/mol. The van der Waals surface area contributed by atoms with Crippen molar-refractivity contribution < 1.29 is 13.6 Å². The lowest BCUT2D eigenvalue weighted by Crippen LogP contribution is -2.19. The van der Waals surface area contributed by atoms with Gasteiger partial charge in [0.05, 0.1) is 12.1 Å². The van der Waals surface area contributed by atoms with E-state index in [1.54, 1.807) is 22.9 Å². The van der Waals surface area contributed by atoms with Crippen molar-refractivity contribution in [3.63, 3.8) is 0 Å². The fourth-order valence-corrected chi connectivity index (χ4v) is 2.35. The Hall–Kier alpha value is -2.87. The van der Waals surface area contributed by atoms with Crippen molar-refractivity contribution in [3.05, 3.63) is 53.6 Å². The number of amides is 1. The predicted molar refractivity (Wildman–Crippen MR) is 90.4 cm³/mol. The normalized spacial score (nSPS) is 11.2. The Bertz CT molecular complexity index is 923. The molecule has 1 N–H and O–H groups in total. The van der Waals surface area contributed by atoms with Gasteiger partial charge in [-0.05, 0) is 44.4 Å². The van der Waals surface area contributed by atoms with Crippen molar-refractivity contribution in [1.29, 1.82) is 0 Å². The van der Waals surface area contributed by atoms with Crippen molar-refractivity contribution >= 4 is 22.6 Å². The second kappa shape index (κ2) is 6.94. The summed E-state index contributed by atoms with van der Waals surface area (Å²) in [6.45, 7) is 1.50. The molecule has 0 bridgehead atoms. The third kappa shape index (κ3) is 3.80. The van der Waals surface area contributed by atoms with Gasteiger partial charge in [-0.15, -0.1) is 5.10 Å². The quantitative estimate of drug-likeness (QED) is 0.772. The average Bonchev–Trinajstić information content (AvgIpc) is 2.98. The van der Waals surface area contributed by atoms with Crippen LogP contribution in [0.3, 0.4) is 0 Å². The Morgan fingerprint density at radius 3 is 2.68 bits per heavy atom. The van der Waals surface area contributed by atoms with E-state index in [2.05, 4.69) is 15.6 Å². The Kier molecular flexibility index (Phi) is 4.71. The summed E-state index contributed by atoms with van der Waals surface area (Å²) in [7, 11) is 3.94. The molecule has 0 saturated carbocycles. The number of nitrogens with zero attached hydrogens (tertiary/aromatic N) is 4. The number of hydrogen-bond donors (Lipinski definition) is 1. The molecular weight excluding hydrogens is 328 g/mol. The number of carbonyl (C=O) groups excluding carboxylic acids is 1. The first kappa shape index (κ1) is 17.0. The van der Waals surface area contributed by atoms with Crippen LogP contribution in [-0.2, 0) is 6.54 Å². The minimum Gasteiger partial charge on any atom is -0.322 e. The van der Waals surface area contributed by atoms with Gasteiger partial charge >= 0.3 is 0 Å². The number of nitrogens with one attached hydrogen (secondary N) is 1. The van der Waals surface area contributed by atoms with Crippen LogP contribution in [0.4, 0.5) is 14.5 Å². The molecule has 1 heterocycles. The van der Waals surface area contributed by atoms with Crippen LogP contribution >= 0.6 is 0 Å². The molecule has 0 atom stereocenters. The molecule has 0 aliphatic heterocycles. The molecule has 3 aromatic rings. The van der Waals surface area contributed by atoms with Crippen LogP contribution in [0.15, 0.2) is 36.4 Å². The number of halogens is 2. The van der Waals surface area contributed by atoms with Gasteiger partial charge in [-0.2, -0.15) is 0 Å². The fraction of sp³-hybridized carbons (Fsp3) is 0.235. The number of aromatic nitrogens is 3. The Balaban J connectivity index is 1.79. The highest BCUT2D eigenvalue weighted by Crippen LogP contribution is 2.17. The monoisotopic (exact) mass is 345 g/mol. The van der Waals surface area contributed by atoms with E-state index in [9.17, 15) is 13.6 Å². The lowest BCUT2D eigenvalue weighted by Gasteiger charge is -2.09. The van der Waals surface area contributed by atoms with Gasteiger partial charge in [-0.25, -0.2) is 13.5 Å². The highest BCUT2D eigenvalue weighted by molar-refractivity contribution is 6.05. The maximum atomic E-state index is 13.2. The molecule has 1 amide bonds. The van der Waals surface area contributed by atoms with Gasteiger partial charge in [0, 0.05) is 23.9 Å². The molecule has 6 nitrogen and oxygen atoms in total. The smallest absolute Gasteiger partial charge is 0.255 e. The first-order valence-corrected chi connectivity index (χ1v) is 7.68. The molecule has 0 saturated heterocycles. The van der Waals surface area contributed by atoms with Crippen molar-refractivity contribution in [3.8, 4) is 0 Å². The van der Waals surface area contributed by atoms with E-state index in [1.165, 1.54) is 6.07 Å². The molecule has 0 spiro atoms. The van der Waals surface area contributed by atoms with Crippen molar-refractivity contribution in [2.24, 2.45) is 0 Å². The third-order valence-corrected chi connectivity index (χ3v) is 3.71. The van der Waals surface area contributed by atoms with Crippen LogP contribution in [0, 0.1) is 11.6 Å². The summed E-state index contributed by atoms with van der Waals surface area (Å²) in [6.07, 6.45) is 0. The molecule has 0 radical (unpaired) electrons. The van der Waals surface area contributed by atoms with E-state index in [0.29, 0.717) is 17.6 Å². The number of carbonyl (C=O) groups is 1. The number of fused-ring (bicyclic) bond motifs is 1. The standard InChI is InChI=1S/C17H17F2N5O/c1-23(2)7-8-24-16-6-3-11(9-15(16)21-22-24)17(25)20-12-4-5-13(18)14(19)10-12/h3-6,9-10H,7-8H2,1-2H3,(H,20,25).